The van der Waals surface area contributed by atoms with Crippen LogP contribution in [0.1, 0.15) is 124 Å². The first-order valence-corrected chi connectivity index (χ1v) is 10.2. The molecule has 0 aromatic heterocycles. The summed E-state index contributed by atoms with van der Waals surface area (Å²) in [4.78, 5) is 0. The lowest BCUT2D eigenvalue weighted by molar-refractivity contribution is 0.431. The summed E-state index contributed by atoms with van der Waals surface area (Å²) in [6.07, 6.45) is 22.6. The molecule has 0 saturated carbocycles. The zero-order valence-electron chi connectivity index (χ0n) is 15.9. The van der Waals surface area contributed by atoms with Crippen molar-refractivity contribution >= 4 is 0 Å². The van der Waals surface area contributed by atoms with Gasteiger partial charge in [-0.25, -0.2) is 0 Å². The van der Waals surface area contributed by atoms with Gasteiger partial charge in [-0.2, -0.15) is 0 Å². The Morgan fingerprint density at radius 1 is 0.636 bits per heavy atom. The van der Waals surface area contributed by atoms with Crippen molar-refractivity contribution in [2.75, 3.05) is 0 Å². The lowest BCUT2D eigenvalue weighted by atomic mass is 9.96. The number of unbranched alkanes of at least 4 members (excludes halogenated alkanes) is 12. The van der Waals surface area contributed by atoms with Gasteiger partial charge in [0.15, 0.2) is 0 Å². The van der Waals surface area contributed by atoms with E-state index in [4.69, 9.17) is 0 Å². The Balaban J connectivity index is 3.15. The molecule has 0 aliphatic rings. The summed E-state index contributed by atoms with van der Waals surface area (Å²) in [6, 6.07) is 0. The van der Waals surface area contributed by atoms with E-state index in [9.17, 15) is 0 Å². The quantitative estimate of drug-likeness (QED) is 0.201. The Hall–Kier alpha value is -0.440. The van der Waals surface area contributed by atoms with Crippen LogP contribution in [0.4, 0.5) is 0 Å². The molecule has 0 heteroatoms. The standard InChI is InChI=1S/C22H42/c1-4-6-8-10-12-14-16-18-20-22(3)21-19-17-15-13-11-9-7-5-2/h22H,4,6,8-21H2,1-3H3. The maximum Gasteiger partial charge on any atom is 0.00885 e. The van der Waals surface area contributed by atoms with E-state index in [1.165, 1.54) is 96.3 Å². The van der Waals surface area contributed by atoms with Crippen molar-refractivity contribution in [2.24, 2.45) is 5.92 Å². The Bertz CT molecular complexity index is 255. The van der Waals surface area contributed by atoms with Gasteiger partial charge in [-0.1, -0.05) is 104 Å². The number of hydrogen-bond donors (Lipinski definition) is 0. The minimum atomic E-state index is 0.950. The maximum absolute atomic E-state index is 3.15. The second-order valence-electron chi connectivity index (χ2n) is 7.10. The van der Waals surface area contributed by atoms with Crippen molar-refractivity contribution < 1.29 is 0 Å². The summed E-state index contributed by atoms with van der Waals surface area (Å²) < 4.78 is 0. The topological polar surface area (TPSA) is 0 Å². The van der Waals surface area contributed by atoms with Gasteiger partial charge in [0, 0.05) is 6.42 Å². The molecule has 1 atom stereocenters. The largest absolute Gasteiger partial charge is 0.107 e. The number of hydrogen-bond acceptors (Lipinski definition) is 0. The Morgan fingerprint density at radius 2 is 1.09 bits per heavy atom. The minimum Gasteiger partial charge on any atom is -0.107 e. The van der Waals surface area contributed by atoms with Crippen molar-refractivity contribution in [1.82, 2.24) is 0 Å². The predicted molar refractivity (Wildman–Crippen MR) is 102 cm³/mol. The highest BCUT2D eigenvalue weighted by Gasteiger charge is 2.02. The SMILES string of the molecule is CC#CCCCCCCCC(C)CCCCCCCCCC. The Kier molecular flexibility index (Phi) is 18.2. The molecule has 0 bridgehead atoms. The van der Waals surface area contributed by atoms with Gasteiger partial charge in [0.05, 0.1) is 0 Å². The highest BCUT2D eigenvalue weighted by molar-refractivity contribution is 4.94. The molecule has 0 aliphatic carbocycles. The molecular formula is C22H42. The first-order chi connectivity index (χ1) is 10.8. The van der Waals surface area contributed by atoms with E-state index in [2.05, 4.69) is 25.7 Å². The molecule has 0 saturated heterocycles. The fourth-order valence-electron chi connectivity index (χ4n) is 3.13. The highest BCUT2D eigenvalue weighted by Crippen LogP contribution is 2.18. The minimum absolute atomic E-state index is 0.950. The molecule has 0 aromatic carbocycles. The third-order valence-corrected chi connectivity index (χ3v) is 4.73. The van der Waals surface area contributed by atoms with Gasteiger partial charge in [0.25, 0.3) is 0 Å². The zero-order valence-corrected chi connectivity index (χ0v) is 15.9. The summed E-state index contributed by atoms with van der Waals surface area (Å²) in [7, 11) is 0. The van der Waals surface area contributed by atoms with Gasteiger partial charge >= 0.3 is 0 Å². The Morgan fingerprint density at radius 3 is 1.59 bits per heavy atom. The van der Waals surface area contributed by atoms with E-state index >= 15 is 0 Å². The van der Waals surface area contributed by atoms with E-state index in [1.54, 1.807) is 0 Å². The third kappa shape index (κ3) is 17.6. The van der Waals surface area contributed by atoms with Crippen LogP contribution in [0, 0.1) is 17.8 Å². The Labute approximate surface area is 141 Å². The van der Waals surface area contributed by atoms with Gasteiger partial charge in [-0.05, 0) is 19.3 Å². The van der Waals surface area contributed by atoms with Gasteiger partial charge in [-0.15, -0.1) is 11.8 Å². The second-order valence-corrected chi connectivity index (χ2v) is 7.10. The average Bonchev–Trinajstić information content (AvgIpc) is 2.52. The van der Waals surface area contributed by atoms with E-state index in [1.807, 2.05) is 6.92 Å². The van der Waals surface area contributed by atoms with Crippen LogP contribution in [0.15, 0.2) is 0 Å². The lowest BCUT2D eigenvalue weighted by Crippen LogP contribution is -1.95. The van der Waals surface area contributed by atoms with Crippen LogP contribution >= 0.6 is 0 Å². The normalized spacial score (nSPS) is 12.0. The molecule has 0 aromatic rings. The molecule has 0 radical (unpaired) electrons. The van der Waals surface area contributed by atoms with Crippen LogP contribution in [-0.2, 0) is 0 Å². The van der Waals surface area contributed by atoms with Gasteiger partial charge in [-0.3, -0.25) is 0 Å². The molecule has 22 heavy (non-hydrogen) atoms. The zero-order chi connectivity index (χ0) is 16.3. The van der Waals surface area contributed by atoms with Gasteiger partial charge < -0.3 is 0 Å². The van der Waals surface area contributed by atoms with Crippen molar-refractivity contribution in [3.8, 4) is 11.8 Å². The van der Waals surface area contributed by atoms with Crippen LogP contribution < -0.4 is 0 Å². The molecule has 0 fully saturated rings. The predicted octanol–water partition coefficient (Wildman–Crippen LogP) is 7.91. The van der Waals surface area contributed by atoms with Crippen molar-refractivity contribution in [1.29, 1.82) is 0 Å². The molecule has 1 unspecified atom stereocenters. The lowest BCUT2D eigenvalue weighted by Gasteiger charge is -2.11. The summed E-state index contributed by atoms with van der Waals surface area (Å²) in [5, 5.41) is 0. The van der Waals surface area contributed by atoms with Gasteiger partial charge in [0.2, 0.25) is 0 Å². The first kappa shape index (κ1) is 21.6. The van der Waals surface area contributed by atoms with Gasteiger partial charge in [0.1, 0.15) is 0 Å². The van der Waals surface area contributed by atoms with Crippen LogP contribution in [-0.4, -0.2) is 0 Å². The highest BCUT2D eigenvalue weighted by atomic mass is 14.1. The molecule has 0 aliphatic heterocycles. The number of rotatable bonds is 16. The van der Waals surface area contributed by atoms with Crippen molar-refractivity contribution in [3.05, 3.63) is 0 Å². The molecular weight excluding hydrogens is 264 g/mol. The molecule has 0 nitrogen and oxygen atoms in total. The fraction of sp³-hybridized carbons (Fsp3) is 0.909. The van der Waals surface area contributed by atoms with E-state index < -0.39 is 0 Å². The second kappa shape index (κ2) is 18.6. The monoisotopic (exact) mass is 306 g/mol. The smallest absolute Gasteiger partial charge is 0.00885 e. The van der Waals surface area contributed by atoms with Crippen LogP contribution in [0.3, 0.4) is 0 Å². The maximum atomic E-state index is 3.15. The van der Waals surface area contributed by atoms with E-state index in [0.29, 0.717) is 0 Å². The molecule has 0 rings (SSSR count). The van der Waals surface area contributed by atoms with Crippen LogP contribution in [0.25, 0.3) is 0 Å². The summed E-state index contributed by atoms with van der Waals surface area (Å²) in [5.41, 5.74) is 0. The van der Waals surface area contributed by atoms with E-state index in [0.717, 1.165) is 12.3 Å². The average molecular weight is 307 g/mol. The molecule has 0 amide bonds. The van der Waals surface area contributed by atoms with E-state index in [-0.39, 0.29) is 0 Å². The summed E-state index contributed by atoms with van der Waals surface area (Å²) in [5.74, 6) is 7.08. The van der Waals surface area contributed by atoms with Crippen LogP contribution in [0.5, 0.6) is 0 Å². The fourth-order valence-corrected chi connectivity index (χ4v) is 3.13. The summed E-state index contributed by atoms with van der Waals surface area (Å²) >= 11 is 0. The first-order valence-electron chi connectivity index (χ1n) is 10.2. The van der Waals surface area contributed by atoms with Crippen LogP contribution in [0.2, 0.25) is 0 Å². The van der Waals surface area contributed by atoms with Crippen molar-refractivity contribution in [2.45, 2.75) is 124 Å². The third-order valence-electron chi connectivity index (χ3n) is 4.73. The molecule has 0 N–H and O–H groups in total. The molecule has 130 valence electrons. The molecule has 0 heterocycles. The molecule has 0 spiro atoms. The van der Waals surface area contributed by atoms with Crippen molar-refractivity contribution in [3.63, 3.8) is 0 Å². The summed E-state index contributed by atoms with van der Waals surface area (Å²) in [6.45, 7) is 6.69.